The summed E-state index contributed by atoms with van der Waals surface area (Å²) in [5, 5.41) is 2.75. The molecule has 10 heteroatoms. The molecule has 176 valence electrons. The third-order valence-corrected chi connectivity index (χ3v) is 6.27. The second-order valence-electron chi connectivity index (χ2n) is 7.21. The number of sulfonamides is 1. The zero-order valence-corrected chi connectivity index (χ0v) is 19.1. The summed E-state index contributed by atoms with van der Waals surface area (Å²) >= 11 is 0. The number of carbonyl (C=O) groups is 2. The van der Waals surface area contributed by atoms with E-state index < -0.39 is 21.9 Å². The van der Waals surface area contributed by atoms with Crippen molar-refractivity contribution in [3.8, 4) is 11.5 Å². The second kappa shape index (κ2) is 9.84. The van der Waals surface area contributed by atoms with Gasteiger partial charge in [0.2, 0.25) is 0 Å². The molecular formula is C24H22N2O7S. The summed E-state index contributed by atoms with van der Waals surface area (Å²) in [6.45, 7) is 2.77. The molecule has 1 heterocycles. The van der Waals surface area contributed by atoms with E-state index in [1.807, 2.05) is 0 Å². The fraction of sp³-hybridized carbons (Fsp3) is 0.167. The molecule has 3 aromatic rings. The molecule has 2 N–H and O–H groups in total. The minimum absolute atomic E-state index is 0.0670. The van der Waals surface area contributed by atoms with Gasteiger partial charge in [-0.3, -0.25) is 9.52 Å². The summed E-state index contributed by atoms with van der Waals surface area (Å²) in [5.41, 5.74) is 0.942. The van der Waals surface area contributed by atoms with E-state index in [4.69, 9.17) is 14.2 Å². The molecule has 0 radical (unpaired) electrons. The summed E-state index contributed by atoms with van der Waals surface area (Å²) in [6, 6.07) is 16.6. The second-order valence-corrected chi connectivity index (χ2v) is 8.89. The minimum atomic E-state index is -4.03. The van der Waals surface area contributed by atoms with Crippen LogP contribution in [-0.2, 0) is 14.8 Å². The smallest absolute Gasteiger partial charge is 0.338 e. The van der Waals surface area contributed by atoms with E-state index in [1.54, 1.807) is 37.3 Å². The first-order chi connectivity index (χ1) is 16.4. The Kier molecular flexibility index (Phi) is 6.69. The summed E-state index contributed by atoms with van der Waals surface area (Å²) in [7, 11) is -4.03. The van der Waals surface area contributed by atoms with Gasteiger partial charge >= 0.3 is 5.97 Å². The molecule has 0 saturated heterocycles. The summed E-state index contributed by atoms with van der Waals surface area (Å²) in [4.78, 5) is 24.7. The van der Waals surface area contributed by atoms with Crippen molar-refractivity contribution in [2.24, 2.45) is 0 Å². The normalized spacial score (nSPS) is 12.5. The molecule has 1 aliphatic heterocycles. The third kappa shape index (κ3) is 5.12. The zero-order valence-electron chi connectivity index (χ0n) is 18.2. The van der Waals surface area contributed by atoms with Crippen LogP contribution >= 0.6 is 0 Å². The van der Waals surface area contributed by atoms with Crippen molar-refractivity contribution in [3.05, 3.63) is 77.9 Å². The van der Waals surface area contributed by atoms with Gasteiger partial charge in [0.25, 0.3) is 15.9 Å². The highest BCUT2D eigenvalue weighted by molar-refractivity contribution is 7.92. The standard InChI is InChI=1S/C24H22N2O7S/c1-2-31-24(28)16-7-10-18(11-8-16)34(29,30)26-20-6-4-3-5-19(20)23(27)25-17-9-12-21-22(15-17)33-14-13-32-21/h3-12,15,26H,2,13-14H2,1H3,(H,25,27). The van der Waals surface area contributed by atoms with Gasteiger partial charge in [0.05, 0.1) is 28.3 Å². The molecule has 0 spiro atoms. The quantitative estimate of drug-likeness (QED) is 0.493. The van der Waals surface area contributed by atoms with E-state index in [0.717, 1.165) is 0 Å². The lowest BCUT2D eigenvalue weighted by Crippen LogP contribution is -2.19. The van der Waals surface area contributed by atoms with Crippen LogP contribution in [0.15, 0.2) is 71.6 Å². The molecule has 0 aliphatic carbocycles. The zero-order chi connectivity index (χ0) is 24.1. The first-order valence-corrected chi connectivity index (χ1v) is 12.0. The average Bonchev–Trinajstić information content (AvgIpc) is 2.84. The molecule has 0 saturated carbocycles. The summed E-state index contributed by atoms with van der Waals surface area (Å²) < 4.78 is 44.2. The van der Waals surface area contributed by atoms with E-state index in [2.05, 4.69) is 10.0 Å². The van der Waals surface area contributed by atoms with Crippen LogP contribution in [0.5, 0.6) is 11.5 Å². The predicted molar refractivity (Wildman–Crippen MR) is 125 cm³/mol. The van der Waals surface area contributed by atoms with Gasteiger partial charge in [-0.25, -0.2) is 13.2 Å². The minimum Gasteiger partial charge on any atom is -0.486 e. The molecule has 4 rings (SSSR count). The van der Waals surface area contributed by atoms with Gasteiger partial charge in [0.1, 0.15) is 13.2 Å². The SMILES string of the molecule is CCOC(=O)c1ccc(S(=O)(=O)Nc2ccccc2C(=O)Nc2ccc3c(c2)OCCO3)cc1. The number of para-hydroxylation sites is 1. The number of hydrogen-bond acceptors (Lipinski definition) is 7. The first kappa shape index (κ1) is 23.1. The van der Waals surface area contributed by atoms with Crippen LogP contribution in [0, 0.1) is 0 Å². The van der Waals surface area contributed by atoms with Crippen LogP contribution in [0.4, 0.5) is 11.4 Å². The number of esters is 1. The molecule has 1 amide bonds. The fourth-order valence-electron chi connectivity index (χ4n) is 3.28. The van der Waals surface area contributed by atoms with Crippen molar-refractivity contribution in [1.29, 1.82) is 0 Å². The number of ether oxygens (including phenoxy) is 3. The number of benzene rings is 3. The largest absolute Gasteiger partial charge is 0.486 e. The maximum absolute atomic E-state index is 12.9. The molecular weight excluding hydrogens is 460 g/mol. The van der Waals surface area contributed by atoms with Crippen molar-refractivity contribution < 1.29 is 32.2 Å². The topological polar surface area (TPSA) is 120 Å². The fourth-order valence-corrected chi connectivity index (χ4v) is 4.36. The maximum Gasteiger partial charge on any atom is 0.338 e. The van der Waals surface area contributed by atoms with Gasteiger partial charge in [0, 0.05) is 11.8 Å². The number of carbonyl (C=O) groups excluding carboxylic acids is 2. The Morgan fingerprint density at radius 1 is 0.941 bits per heavy atom. The van der Waals surface area contributed by atoms with E-state index in [0.29, 0.717) is 30.4 Å². The van der Waals surface area contributed by atoms with E-state index >= 15 is 0 Å². The number of amides is 1. The third-order valence-electron chi connectivity index (χ3n) is 4.89. The number of anilines is 2. The first-order valence-electron chi connectivity index (χ1n) is 10.5. The van der Waals surface area contributed by atoms with Gasteiger partial charge in [-0.2, -0.15) is 0 Å². The Bertz CT molecular complexity index is 1320. The van der Waals surface area contributed by atoms with Crippen LogP contribution in [0.2, 0.25) is 0 Å². The number of rotatable bonds is 7. The van der Waals surface area contributed by atoms with Crippen molar-refractivity contribution in [1.82, 2.24) is 0 Å². The number of hydrogen-bond donors (Lipinski definition) is 2. The van der Waals surface area contributed by atoms with Crippen LogP contribution in [-0.4, -0.2) is 40.1 Å². The van der Waals surface area contributed by atoms with Crippen molar-refractivity contribution in [2.75, 3.05) is 29.9 Å². The van der Waals surface area contributed by atoms with Gasteiger partial charge in [-0.05, 0) is 55.5 Å². The van der Waals surface area contributed by atoms with Crippen molar-refractivity contribution in [3.63, 3.8) is 0 Å². The van der Waals surface area contributed by atoms with Gasteiger partial charge < -0.3 is 19.5 Å². The van der Waals surface area contributed by atoms with Crippen molar-refractivity contribution >= 4 is 33.3 Å². The monoisotopic (exact) mass is 482 g/mol. The van der Waals surface area contributed by atoms with E-state index in [9.17, 15) is 18.0 Å². The highest BCUT2D eigenvalue weighted by Gasteiger charge is 2.20. The molecule has 3 aromatic carbocycles. The van der Waals surface area contributed by atoms with E-state index in [1.165, 1.54) is 36.4 Å². The van der Waals surface area contributed by atoms with Crippen LogP contribution in [0.3, 0.4) is 0 Å². The molecule has 0 bridgehead atoms. The maximum atomic E-state index is 12.9. The highest BCUT2D eigenvalue weighted by atomic mass is 32.2. The number of nitrogens with one attached hydrogen (secondary N) is 2. The molecule has 1 aliphatic rings. The Balaban J connectivity index is 1.52. The molecule has 34 heavy (non-hydrogen) atoms. The van der Waals surface area contributed by atoms with Crippen LogP contribution < -0.4 is 19.5 Å². The van der Waals surface area contributed by atoms with E-state index in [-0.39, 0.29) is 28.3 Å². The Morgan fingerprint density at radius 3 is 2.38 bits per heavy atom. The Hall–Kier alpha value is -4.05. The Morgan fingerprint density at radius 2 is 1.65 bits per heavy atom. The summed E-state index contributed by atoms with van der Waals surface area (Å²) in [6.07, 6.45) is 0. The molecule has 0 atom stereocenters. The predicted octanol–water partition coefficient (Wildman–Crippen LogP) is 3.69. The van der Waals surface area contributed by atoms with Crippen LogP contribution in [0.25, 0.3) is 0 Å². The molecule has 0 fully saturated rings. The lowest BCUT2D eigenvalue weighted by atomic mass is 10.1. The highest BCUT2D eigenvalue weighted by Crippen LogP contribution is 2.33. The van der Waals surface area contributed by atoms with Crippen molar-refractivity contribution in [2.45, 2.75) is 11.8 Å². The lowest BCUT2D eigenvalue weighted by molar-refractivity contribution is 0.0526. The number of fused-ring (bicyclic) bond motifs is 1. The Labute approximate surface area is 196 Å². The van der Waals surface area contributed by atoms with Gasteiger partial charge in [0.15, 0.2) is 11.5 Å². The average molecular weight is 483 g/mol. The van der Waals surface area contributed by atoms with Gasteiger partial charge in [-0.15, -0.1) is 0 Å². The molecule has 0 aromatic heterocycles. The lowest BCUT2D eigenvalue weighted by Gasteiger charge is -2.19. The summed E-state index contributed by atoms with van der Waals surface area (Å²) in [5.74, 6) is 0.0592. The molecule has 0 unspecified atom stereocenters. The van der Waals surface area contributed by atoms with Gasteiger partial charge in [-0.1, -0.05) is 12.1 Å². The van der Waals surface area contributed by atoms with Crippen LogP contribution in [0.1, 0.15) is 27.6 Å². The molecule has 9 nitrogen and oxygen atoms in total.